The minimum atomic E-state index is 0. The van der Waals surface area contributed by atoms with Crippen LogP contribution in [0.25, 0.3) is 0 Å². The zero-order chi connectivity index (χ0) is 9.64. The predicted molar refractivity (Wildman–Crippen MR) is 71.6 cm³/mol. The number of benzene rings is 2. The van der Waals surface area contributed by atoms with Crippen LogP contribution in [-0.4, -0.2) is 37.7 Å². The Morgan fingerprint density at radius 1 is 0.500 bits per heavy atom. The molecule has 2 radical (unpaired) electrons. The van der Waals surface area contributed by atoms with E-state index in [2.05, 4.69) is 10.9 Å². The molecule has 72 valence electrons. The first-order valence-corrected chi connectivity index (χ1v) is 4.57. The molecule has 0 unspecified atom stereocenters. The Labute approximate surface area is 120 Å². The molecule has 0 spiro atoms. The van der Waals surface area contributed by atoms with E-state index in [4.69, 9.17) is 0 Å². The van der Waals surface area contributed by atoms with Gasteiger partial charge in [0.1, 0.15) is 0 Å². The van der Waals surface area contributed by atoms with Gasteiger partial charge in [0.25, 0.3) is 0 Å². The molecule has 0 heterocycles. The van der Waals surface area contributed by atoms with Crippen molar-refractivity contribution in [2.45, 2.75) is 0 Å². The van der Waals surface area contributed by atoms with Crippen LogP contribution < -0.4 is 10.9 Å². The van der Waals surface area contributed by atoms with E-state index in [-0.39, 0.29) is 37.7 Å². The van der Waals surface area contributed by atoms with Crippen molar-refractivity contribution in [1.29, 1.82) is 0 Å². The third-order valence-electron chi connectivity index (χ3n) is 1.90. The van der Waals surface area contributed by atoms with Crippen LogP contribution in [0.15, 0.2) is 60.7 Å². The Hall–Kier alpha value is -0.765. The summed E-state index contributed by atoms with van der Waals surface area (Å²) in [6, 6.07) is 20.0. The van der Waals surface area contributed by atoms with Crippen molar-refractivity contribution in [1.82, 2.24) is 0 Å². The Kier molecular flexibility index (Phi) is 7.99. The maximum absolute atomic E-state index is 3.11. The molecular weight excluding hydrogens is 186 g/mol. The molecule has 0 saturated heterocycles. The van der Waals surface area contributed by atoms with Crippen molar-refractivity contribution >= 4 is 49.1 Å². The van der Waals surface area contributed by atoms with Gasteiger partial charge in [0.2, 0.25) is 0 Å². The second kappa shape index (κ2) is 8.39. The molecule has 0 fully saturated rings. The van der Waals surface area contributed by atoms with Crippen LogP contribution in [-0.2, 0) is 0 Å². The van der Waals surface area contributed by atoms with Crippen molar-refractivity contribution in [3.63, 3.8) is 0 Å². The Morgan fingerprint density at radius 2 is 0.812 bits per heavy atom. The molecule has 0 aliphatic heterocycles. The van der Waals surface area contributed by atoms with Gasteiger partial charge in [-0.25, -0.2) is 0 Å². The van der Waals surface area contributed by atoms with Gasteiger partial charge in [0.15, 0.2) is 0 Å². The van der Waals surface area contributed by atoms with E-state index in [9.17, 15) is 0 Å². The first kappa shape index (κ1) is 15.2. The maximum atomic E-state index is 3.11. The van der Waals surface area contributed by atoms with Gasteiger partial charge in [-0.15, -0.1) is 0 Å². The van der Waals surface area contributed by atoms with Gasteiger partial charge >= 0.3 is 0 Å². The van der Waals surface area contributed by atoms with Gasteiger partial charge in [-0.2, -0.15) is 0 Å². The third kappa shape index (κ3) is 4.84. The minimum Gasteiger partial charge on any atom is -0.301 e. The second-order valence-electron chi connectivity index (χ2n) is 2.98. The monoisotopic (exact) mass is 198 g/mol. The van der Waals surface area contributed by atoms with Gasteiger partial charge in [-0.05, 0) is 24.3 Å². The summed E-state index contributed by atoms with van der Waals surface area (Å²) in [6.45, 7) is 0. The molecule has 0 aromatic heterocycles. The molecule has 2 aromatic carbocycles. The summed E-state index contributed by atoms with van der Waals surface area (Å²) in [5.41, 5.74) is 8.33. The van der Waals surface area contributed by atoms with E-state index >= 15 is 0 Å². The van der Waals surface area contributed by atoms with Crippen molar-refractivity contribution in [2.24, 2.45) is 0 Å². The topological polar surface area (TPSA) is 24.1 Å². The van der Waals surface area contributed by atoms with Crippen LogP contribution >= 0.6 is 0 Å². The van der Waals surface area contributed by atoms with Crippen LogP contribution in [0.4, 0.5) is 11.4 Å². The molecule has 2 nitrogen and oxygen atoms in total. The van der Waals surface area contributed by atoms with Gasteiger partial charge in [0, 0.05) is 37.7 Å². The van der Waals surface area contributed by atoms with E-state index in [0.717, 1.165) is 11.4 Å². The molecule has 2 rings (SSSR count). The summed E-state index contributed by atoms with van der Waals surface area (Å²) < 4.78 is 0. The molecule has 0 saturated carbocycles. The maximum Gasteiger partial charge on any atom is 0.0539 e. The van der Waals surface area contributed by atoms with Crippen LogP contribution in [0.5, 0.6) is 0 Å². The van der Waals surface area contributed by atoms with Gasteiger partial charge in [-0.3, -0.25) is 0 Å². The third-order valence-corrected chi connectivity index (χ3v) is 1.90. The molecular formula is C12H12Li2N2. The van der Waals surface area contributed by atoms with E-state index in [0.29, 0.717) is 0 Å². The van der Waals surface area contributed by atoms with E-state index in [1.807, 2.05) is 60.7 Å². The molecule has 0 aliphatic carbocycles. The van der Waals surface area contributed by atoms with Crippen molar-refractivity contribution in [3.05, 3.63) is 60.7 Å². The quantitative estimate of drug-likeness (QED) is 0.584. The first-order chi connectivity index (χ1) is 6.95. The number of nitrogens with one attached hydrogen (secondary N) is 2. The molecule has 4 heteroatoms. The number of hydrogen-bond acceptors (Lipinski definition) is 2. The summed E-state index contributed by atoms with van der Waals surface area (Å²) in [5, 5.41) is 0. The zero-order valence-corrected chi connectivity index (χ0v) is 9.77. The summed E-state index contributed by atoms with van der Waals surface area (Å²) in [6.07, 6.45) is 0. The normalized spacial score (nSPS) is 8.25. The van der Waals surface area contributed by atoms with E-state index in [1.54, 1.807) is 0 Å². The van der Waals surface area contributed by atoms with E-state index < -0.39 is 0 Å². The van der Waals surface area contributed by atoms with Gasteiger partial charge in [-0.1, -0.05) is 36.4 Å². The Balaban J connectivity index is 0.00000112. The van der Waals surface area contributed by atoms with E-state index in [1.165, 1.54) is 0 Å². The van der Waals surface area contributed by atoms with Gasteiger partial charge in [0.05, 0.1) is 11.4 Å². The minimum absolute atomic E-state index is 0. The number of hydrazine groups is 1. The summed E-state index contributed by atoms with van der Waals surface area (Å²) in [7, 11) is 0. The fourth-order valence-corrected chi connectivity index (χ4v) is 1.19. The Bertz CT molecular complexity index is 339. The van der Waals surface area contributed by atoms with Gasteiger partial charge < -0.3 is 10.9 Å². The molecule has 2 aromatic rings. The molecule has 0 aliphatic rings. The SMILES string of the molecule is [Li].[Li].c1ccc(NNc2ccccc2)cc1. The van der Waals surface area contributed by atoms with Crippen molar-refractivity contribution in [3.8, 4) is 0 Å². The number of hydrogen-bond donors (Lipinski definition) is 2. The largest absolute Gasteiger partial charge is 0.301 e. The van der Waals surface area contributed by atoms with Crippen LogP contribution in [0.3, 0.4) is 0 Å². The number of anilines is 2. The number of para-hydroxylation sites is 2. The summed E-state index contributed by atoms with van der Waals surface area (Å²) in [5.74, 6) is 0. The predicted octanol–water partition coefficient (Wildman–Crippen LogP) is 2.36. The van der Waals surface area contributed by atoms with Crippen LogP contribution in [0, 0.1) is 0 Å². The average molecular weight is 198 g/mol. The molecule has 0 atom stereocenters. The average Bonchev–Trinajstić information content (AvgIpc) is 2.29. The fourth-order valence-electron chi connectivity index (χ4n) is 1.19. The standard InChI is InChI=1S/C12H12N2.2Li/c1-3-7-11(8-4-1)13-14-12-9-5-2-6-10-12;;/h1-10,13-14H;;. The first-order valence-electron chi connectivity index (χ1n) is 4.57. The molecule has 0 amide bonds. The van der Waals surface area contributed by atoms with Crippen molar-refractivity contribution < 1.29 is 0 Å². The second-order valence-corrected chi connectivity index (χ2v) is 2.98. The smallest absolute Gasteiger partial charge is 0.0539 e. The molecule has 16 heavy (non-hydrogen) atoms. The molecule has 0 bridgehead atoms. The zero-order valence-electron chi connectivity index (χ0n) is 9.77. The summed E-state index contributed by atoms with van der Waals surface area (Å²) in [4.78, 5) is 0. The van der Waals surface area contributed by atoms with Crippen LogP contribution in [0.2, 0.25) is 0 Å². The summed E-state index contributed by atoms with van der Waals surface area (Å²) >= 11 is 0. The molecule has 2 N–H and O–H groups in total. The fraction of sp³-hybridized carbons (Fsp3) is 0. The van der Waals surface area contributed by atoms with Crippen molar-refractivity contribution in [2.75, 3.05) is 10.9 Å². The number of rotatable bonds is 3. The van der Waals surface area contributed by atoms with Crippen LogP contribution in [0.1, 0.15) is 0 Å². The Morgan fingerprint density at radius 3 is 1.12 bits per heavy atom.